The summed E-state index contributed by atoms with van der Waals surface area (Å²) in [4.78, 5) is 0. The predicted octanol–water partition coefficient (Wildman–Crippen LogP) is 2.33. The van der Waals surface area contributed by atoms with Crippen molar-refractivity contribution in [2.75, 3.05) is 13.1 Å². The van der Waals surface area contributed by atoms with E-state index in [-0.39, 0.29) is 5.92 Å². The zero-order chi connectivity index (χ0) is 12.3. The molecule has 0 radical (unpaired) electrons. The van der Waals surface area contributed by atoms with E-state index in [0.29, 0.717) is 6.54 Å². The SMILES string of the molecule is CC(F)(c1cccc(CN)c1)C1CCNCC1. The number of rotatable bonds is 3. The van der Waals surface area contributed by atoms with Gasteiger partial charge in [-0.1, -0.05) is 24.3 Å². The Labute approximate surface area is 102 Å². The van der Waals surface area contributed by atoms with E-state index in [2.05, 4.69) is 5.32 Å². The van der Waals surface area contributed by atoms with E-state index < -0.39 is 5.67 Å². The molecule has 0 amide bonds. The molecule has 0 aliphatic carbocycles. The minimum Gasteiger partial charge on any atom is -0.326 e. The van der Waals surface area contributed by atoms with Crippen LogP contribution >= 0.6 is 0 Å². The molecule has 0 aromatic heterocycles. The molecule has 1 aliphatic rings. The van der Waals surface area contributed by atoms with Crippen LogP contribution in [0.2, 0.25) is 0 Å². The molecule has 0 bridgehead atoms. The minimum atomic E-state index is -1.24. The van der Waals surface area contributed by atoms with Gasteiger partial charge in [-0.3, -0.25) is 0 Å². The van der Waals surface area contributed by atoms with Crippen LogP contribution in [0, 0.1) is 5.92 Å². The highest BCUT2D eigenvalue weighted by Crippen LogP contribution is 2.38. The zero-order valence-corrected chi connectivity index (χ0v) is 10.4. The summed E-state index contributed by atoms with van der Waals surface area (Å²) in [6.07, 6.45) is 1.81. The first-order chi connectivity index (χ1) is 8.14. The largest absolute Gasteiger partial charge is 0.326 e. The number of piperidine rings is 1. The second-order valence-corrected chi connectivity index (χ2v) is 5.00. The molecule has 94 valence electrons. The highest BCUT2D eigenvalue weighted by Gasteiger charge is 2.36. The molecule has 1 aliphatic heterocycles. The van der Waals surface area contributed by atoms with Gasteiger partial charge in [0.15, 0.2) is 0 Å². The average Bonchev–Trinajstić information content (AvgIpc) is 2.40. The highest BCUT2D eigenvalue weighted by atomic mass is 19.1. The average molecular weight is 236 g/mol. The van der Waals surface area contributed by atoms with Crippen molar-refractivity contribution in [3.63, 3.8) is 0 Å². The third kappa shape index (κ3) is 2.67. The smallest absolute Gasteiger partial charge is 0.136 e. The molecule has 0 saturated carbocycles. The fourth-order valence-corrected chi connectivity index (χ4v) is 2.60. The van der Waals surface area contributed by atoms with Crippen LogP contribution in [0.1, 0.15) is 30.9 Å². The summed E-state index contributed by atoms with van der Waals surface area (Å²) in [5.41, 5.74) is 6.14. The number of alkyl halides is 1. The number of hydrogen-bond donors (Lipinski definition) is 2. The Bertz CT molecular complexity index is 370. The van der Waals surface area contributed by atoms with Gasteiger partial charge in [-0.25, -0.2) is 4.39 Å². The number of hydrogen-bond acceptors (Lipinski definition) is 2. The molecule has 1 unspecified atom stereocenters. The van der Waals surface area contributed by atoms with E-state index in [1.165, 1.54) is 0 Å². The summed E-state index contributed by atoms with van der Waals surface area (Å²) in [5, 5.41) is 3.27. The lowest BCUT2D eigenvalue weighted by molar-refractivity contribution is 0.0772. The van der Waals surface area contributed by atoms with Crippen LogP contribution in [0.3, 0.4) is 0 Å². The molecule has 1 heterocycles. The van der Waals surface area contributed by atoms with Gasteiger partial charge in [-0.2, -0.15) is 0 Å². The summed E-state index contributed by atoms with van der Waals surface area (Å²) in [6.45, 7) is 4.01. The Morgan fingerprint density at radius 3 is 2.76 bits per heavy atom. The molecular formula is C14H21FN2. The molecule has 3 N–H and O–H groups in total. The van der Waals surface area contributed by atoms with Gasteiger partial charge >= 0.3 is 0 Å². The topological polar surface area (TPSA) is 38.0 Å². The lowest BCUT2D eigenvalue weighted by Crippen LogP contribution is -2.37. The van der Waals surface area contributed by atoms with Gasteiger partial charge in [0.05, 0.1) is 0 Å². The highest BCUT2D eigenvalue weighted by molar-refractivity contribution is 5.28. The van der Waals surface area contributed by atoms with Crippen molar-refractivity contribution in [2.24, 2.45) is 11.7 Å². The third-order valence-electron chi connectivity index (χ3n) is 3.83. The number of nitrogens with one attached hydrogen (secondary N) is 1. The van der Waals surface area contributed by atoms with E-state index >= 15 is 0 Å². The standard InChI is InChI=1S/C14H21FN2/c1-14(15,12-5-7-17-8-6-12)13-4-2-3-11(9-13)10-16/h2-4,9,12,17H,5-8,10,16H2,1H3. The van der Waals surface area contributed by atoms with Crippen molar-refractivity contribution in [3.8, 4) is 0 Å². The molecular weight excluding hydrogens is 215 g/mol. The van der Waals surface area contributed by atoms with Crippen LogP contribution in [0.5, 0.6) is 0 Å². The zero-order valence-electron chi connectivity index (χ0n) is 10.4. The van der Waals surface area contributed by atoms with Crippen molar-refractivity contribution in [2.45, 2.75) is 32.0 Å². The Kier molecular flexibility index (Phi) is 3.79. The second-order valence-electron chi connectivity index (χ2n) is 5.00. The predicted molar refractivity (Wildman–Crippen MR) is 68.4 cm³/mol. The maximum Gasteiger partial charge on any atom is 0.136 e. The van der Waals surface area contributed by atoms with Gasteiger partial charge in [0.2, 0.25) is 0 Å². The number of halogens is 1. The Balaban J connectivity index is 2.22. The van der Waals surface area contributed by atoms with Gasteiger partial charge < -0.3 is 11.1 Å². The van der Waals surface area contributed by atoms with E-state index in [0.717, 1.165) is 37.1 Å². The molecule has 3 heteroatoms. The van der Waals surface area contributed by atoms with E-state index in [9.17, 15) is 4.39 Å². The molecule has 1 atom stereocenters. The van der Waals surface area contributed by atoms with Crippen LogP contribution in [-0.4, -0.2) is 13.1 Å². The minimum absolute atomic E-state index is 0.108. The van der Waals surface area contributed by atoms with E-state index in [1.807, 2.05) is 24.3 Å². The van der Waals surface area contributed by atoms with Crippen LogP contribution in [0.25, 0.3) is 0 Å². The van der Waals surface area contributed by atoms with Crippen LogP contribution in [-0.2, 0) is 12.2 Å². The third-order valence-corrected chi connectivity index (χ3v) is 3.83. The van der Waals surface area contributed by atoms with Gasteiger partial charge in [0.25, 0.3) is 0 Å². The molecule has 17 heavy (non-hydrogen) atoms. The molecule has 2 rings (SSSR count). The van der Waals surface area contributed by atoms with Crippen LogP contribution < -0.4 is 11.1 Å². The first kappa shape index (κ1) is 12.5. The number of benzene rings is 1. The van der Waals surface area contributed by atoms with Gasteiger partial charge in [0, 0.05) is 6.54 Å². The van der Waals surface area contributed by atoms with Gasteiger partial charge in [-0.15, -0.1) is 0 Å². The first-order valence-corrected chi connectivity index (χ1v) is 6.33. The van der Waals surface area contributed by atoms with E-state index in [4.69, 9.17) is 5.73 Å². The normalized spacial score (nSPS) is 21.1. The van der Waals surface area contributed by atoms with Crippen LogP contribution in [0.4, 0.5) is 4.39 Å². The molecule has 1 aromatic rings. The van der Waals surface area contributed by atoms with Crippen molar-refractivity contribution in [3.05, 3.63) is 35.4 Å². The monoisotopic (exact) mass is 236 g/mol. The Morgan fingerprint density at radius 2 is 2.12 bits per heavy atom. The first-order valence-electron chi connectivity index (χ1n) is 6.33. The summed E-state index contributed by atoms with van der Waals surface area (Å²) in [5.74, 6) is 0.108. The molecule has 1 fully saturated rings. The molecule has 1 saturated heterocycles. The Hall–Kier alpha value is -0.930. The second kappa shape index (κ2) is 5.15. The fraction of sp³-hybridized carbons (Fsp3) is 0.571. The summed E-state index contributed by atoms with van der Waals surface area (Å²) in [6, 6.07) is 7.63. The lowest BCUT2D eigenvalue weighted by atomic mass is 9.79. The van der Waals surface area contributed by atoms with Crippen molar-refractivity contribution in [1.82, 2.24) is 5.32 Å². The lowest BCUT2D eigenvalue weighted by Gasteiger charge is -2.34. The van der Waals surface area contributed by atoms with Gasteiger partial charge in [0.1, 0.15) is 5.67 Å². The van der Waals surface area contributed by atoms with Crippen molar-refractivity contribution < 1.29 is 4.39 Å². The summed E-state index contributed by atoms with van der Waals surface area (Å²) < 4.78 is 15.0. The van der Waals surface area contributed by atoms with Crippen molar-refractivity contribution >= 4 is 0 Å². The molecule has 0 spiro atoms. The van der Waals surface area contributed by atoms with E-state index in [1.54, 1.807) is 6.92 Å². The summed E-state index contributed by atoms with van der Waals surface area (Å²) >= 11 is 0. The fourth-order valence-electron chi connectivity index (χ4n) is 2.60. The quantitative estimate of drug-likeness (QED) is 0.845. The maximum absolute atomic E-state index is 15.0. The maximum atomic E-state index is 15.0. The van der Waals surface area contributed by atoms with Crippen molar-refractivity contribution in [1.29, 1.82) is 0 Å². The summed E-state index contributed by atoms with van der Waals surface area (Å²) in [7, 11) is 0. The van der Waals surface area contributed by atoms with Crippen LogP contribution in [0.15, 0.2) is 24.3 Å². The van der Waals surface area contributed by atoms with Gasteiger partial charge in [-0.05, 0) is 49.9 Å². The molecule has 2 nitrogen and oxygen atoms in total. The number of nitrogens with two attached hydrogens (primary N) is 1. The Morgan fingerprint density at radius 1 is 1.41 bits per heavy atom. The molecule has 1 aromatic carbocycles.